The van der Waals surface area contributed by atoms with E-state index in [9.17, 15) is 4.79 Å². The molecule has 0 saturated heterocycles. The summed E-state index contributed by atoms with van der Waals surface area (Å²) in [7, 11) is 0. The van der Waals surface area contributed by atoms with Crippen LogP contribution in [0.3, 0.4) is 0 Å². The van der Waals surface area contributed by atoms with Crippen LogP contribution in [-0.2, 0) is 4.74 Å². The molecule has 0 unspecified atom stereocenters. The summed E-state index contributed by atoms with van der Waals surface area (Å²) in [6.07, 6.45) is 9.99. The van der Waals surface area contributed by atoms with Gasteiger partial charge in [-0.05, 0) is 73.5 Å². The molecule has 2 aliphatic carbocycles. The Balaban J connectivity index is 1.65. The van der Waals surface area contributed by atoms with E-state index < -0.39 is 0 Å². The van der Waals surface area contributed by atoms with Crippen molar-refractivity contribution in [1.29, 1.82) is 0 Å². The van der Waals surface area contributed by atoms with Gasteiger partial charge in [-0.15, -0.1) is 0 Å². The Morgan fingerprint density at radius 1 is 1.21 bits per heavy atom. The number of ether oxygens (including phenoxy) is 1. The molecule has 2 saturated carbocycles. The predicted molar refractivity (Wildman–Crippen MR) is 116 cm³/mol. The van der Waals surface area contributed by atoms with Crippen LogP contribution >= 0.6 is 0 Å². The normalized spacial score (nSPS) is 30.8. The number of esters is 1. The first-order valence-corrected chi connectivity index (χ1v) is 11.4. The molecule has 2 fully saturated rings. The molecule has 0 amide bonds. The quantitative estimate of drug-likeness (QED) is 0.432. The number of nitrogens with two attached hydrogens (primary N) is 1. The number of anilines is 1. The maximum Gasteiger partial charge on any atom is 0.338 e. The third-order valence-corrected chi connectivity index (χ3v) is 7.64. The molecule has 1 aromatic rings. The second-order valence-electron chi connectivity index (χ2n) is 10.1. The highest BCUT2D eigenvalue weighted by Gasteiger charge is 2.53. The van der Waals surface area contributed by atoms with Crippen molar-refractivity contribution in [2.45, 2.75) is 85.2 Å². The zero-order valence-electron chi connectivity index (χ0n) is 18.2. The van der Waals surface area contributed by atoms with E-state index in [0.29, 0.717) is 22.6 Å². The van der Waals surface area contributed by atoms with Gasteiger partial charge in [-0.3, -0.25) is 0 Å². The van der Waals surface area contributed by atoms with Gasteiger partial charge in [-0.2, -0.15) is 0 Å². The second-order valence-corrected chi connectivity index (χ2v) is 10.1. The van der Waals surface area contributed by atoms with Gasteiger partial charge in [0.1, 0.15) is 6.10 Å². The van der Waals surface area contributed by atoms with Crippen LogP contribution in [0, 0.1) is 29.1 Å². The molecule has 3 heteroatoms. The van der Waals surface area contributed by atoms with E-state index in [-0.39, 0.29) is 12.1 Å². The van der Waals surface area contributed by atoms with E-state index >= 15 is 0 Å². The van der Waals surface area contributed by atoms with Gasteiger partial charge < -0.3 is 10.5 Å². The summed E-state index contributed by atoms with van der Waals surface area (Å²) in [5, 5.41) is 0. The highest BCUT2D eigenvalue weighted by atomic mass is 16.5. The second kappa shape index (κ2) is 8.88. The Labute approximate surface area is 171 Å². The number of fused-ring (bicyclic) bond motifs is 1. The van der Waals surface area contributed by atoms with E-state index in [4.69, 9.17) is 10.5 Å². The fraction of sp³-hybridized carbons (Fsp3) is 0.720. The minimum absolute atomic E-state index is 0.0561. The lowest BCUT2D eigenvalue weighted by Crippen LogP contribution is -2.43. The molecule has 0 radical (unpaired) electrons. The molecular weight excluding hydrogens is 346 g/mol. The van der Waals surface area contributed by atoms with Crippen LogP contribution in [-0.4, -0.2) is 12.1 Å². The van der Waals surface area contributed by atoms with E-state index in [2.05, 4.69) is 27.7 Å². The zero-order valence-corrected chi connectivity index (χ0v) is 18.2. The van der Waals surface area contributed by atoms with Gasteiger partial charge in [-0.25, -0.2) is 4.79 Å². The molecular formula is C25H39NO2. The molecule has 1 aromatic carbocycles. The van der Waals surface area contributed by atoms with Gasteiger partial charge >= 0.3 is 5.97 Å². The Kier molecular flexibility index (Phi) is 6.73. The summed E-state index contributed by atoms with van der Waals surface area (Å²) in [5.41, 5.74) is 7.34. The summed E-state index contributed by atoms with van der Waals surface area (Å²) < 4.78 is 6.06. The first-order chi connectivity index (χ1) is 13.3. The first kappa shape index (κ1) is 21.2. The molecule has 2 aliphatic rings. The summed E-state index contributed by atoms with van der Waals surface area (Å²) in [6, 6.07) is 7.14. The molecule has 0 aromatic heterocycles. The van der Waals surface area contributed by atoms with Gasteiger partial charge in [0.05, 0.1) is 5.56 Å². The van der Waals surface area contributed by atoms with Crippen molar-refractivity contribution in [2.24, 2.45) is 29.1 Å². The molecule has 0 heterocycles. The van der Waals surface area contributed by atoms with Crippen LogP contribution in [0.5, 0.6) is 0 Å². The van der Waals surface area contributed by atoms with Crippen molar-refractivity contribution in [2.75, 3.05) is 5.73 Å². The average molecular weight is 386 g/mol. The van der Waals surface area contributed by atoms with Gasteiger partial charge in [-0.1, -0.05) is 53.0 Å². The molecule has 2 N–H and O–H groups in total. The van der Waals surface area contributed by atoms with Crippen molar-refractivity contribution in [3.8, 4) is 0 Å². The van der Waals surface area contributed by atoms with Crippen LogP contribution in [0.1, 0.15) is 89.4 Å². The highest BCUT2D eigenvalue weighted by Crippen LogP contribution is 2.58. The van der Waals surface area contributed by atoms with Crippen LogP contribution in [0.4, 0.5) is 5.69 Å². The molecule has 156 valence electrons. The van der Waals surface area contributed by atoms with Crippen LogP contribution in [0.15, 0.2) is 24.3 Å². The van der Waals surface area contributed by atoms with Gasteiger partial charge in [0, 0.05) is 11.6 Å². The standard InChI is InChI=1S/C25H39NO2/c1-17(2)8-5-9-18(3)21-13-14-22-23(12-7-15-25(21,22)4)28-24(27)19-10-6-11-20(26)16-19/h6,10-11,16-18,21-23H,5,7-9,12-15,26H2,1-4H3/t18-,21-,22+,23+,25-/m1/s1. The fourth-order valence-corrected chi connectivity index (χ4v) is 6.16. The summed E-state index contributed by atoms with van der Waals surface area (Å²) in [6.45, 7) is 9.58. The minimum atomic E-state index is -0.213. The first-order valence-electron chi connectivity index (χ1n) is 11.4. The number of benzene rings is 1. The maximum atomic E-state index is 12.7. The molecule has 0 spiro atoms. The van der Waals surface area contributed by atoms with Crippen molar-refractivity contribution in [1.82, 2.24) is 0 Å². The maximum absolute atomic E-state index is 12.7. The van der Waals surface area contributed by atoms with Gasteiger partial charge in [0.2, 0.25) is 0 Å². The molecule has 3 nitrogen and oxygen atoms in total. The van der Waals surface area contributed by atoms with Crippen LogP contribution < -0.4 is 5.73 Å². The molecule has 28 heavy (non-hydrogen) atoms. The molecule has 0 aliphatic heterocycles. The lowest BCUT2D eigenvalue weighted by atomic mass is 9.61. The number of hydrogen-bond acceptors (Lipinski definition) is 3. The number of nitrogen functional groups attached to an aromatic ring is 1. The Bertz CT molecular complexity index is 670. The third-order valence-electron chi connectivity index (χ3n) is 7.64. The van der Waals surface area contributed by atoms with Crippen LogP contribution in [0.25, 0.3) is 0 Å². The number of carbonyl (C=O) groups is 1. The number of rotatable bonds is 7. The topological polar surface area (TPSA) is 52.3 Å². The molecule has 5 atom stereocenters. The van der Waals surface area contributed by atoms with Crippen LogP contribution in [0.2, 0.25) is 0 Å². The Morgan fingerprint density at radius 2 is 2.00 bits per heavy atom. The number of hydrogen-bond donors (Lipinski definition) is 1. The minimum Gasteiger partial charge on any atom is -0.458 e. The van der Waals surface area contributed by atoms with Crippen molar-refractivity contribution in [3.63, 3.8) is 0 Å². The summed E-state index contributed by atoms with van der Waals surface area (Å²) in [4.78, 5) is 12.7. The van der Waals surface area contributed by atoms with Crippen molar-refractivity contribution >= 4 is 11.7 Å². The molecule has 3 rings (SSSR count). The van der Waals surface area contributed by atoms with E-state index in [1.807, 2.05) is 6.07 Å². The molecule has 0 bridgehead atoms. The van der Waals surface area contributed by atoms with Crippen molar-refractivity contribution in [3.05, 3.63) is 29.8 Å². The van der Waals surface area contributed by atoms with E-state index in [1.54, 1.807) is 18.2 Å². The lowest BCUT2D eigenvalue weighted by molar-refractivity contribution is -0.0473. The zero-order chi connectivity index (χ0) is 20.3. The Morgan fingerprint density at radius 3 is 2.71 bits per heavy atom. The smallest absolute Gasteiger partial charge is 0.338 e. The summed E-state index contributed by atoms with van der Waals surface area (Å²) >= 11 is 0. The monoisotopic (exact) mass is 385 g/mol. The van der Waals surface area contributed by atoms with E-state index in [0.717, 1.165) is 30.6 Å². The van der Waals surface area contributed by atoms with E-state index in [1.165, 1.54) is 38.5 Å². The number of carbonyl (C=O) groups excluding carboxylic acids is 1. The largest absolute Gasteiger partial charge is 0.458 e. The average Bonchev–Trinajstić information content (AvgIpc) is 2.99. The highest BCUT2D eigenvalue weighted by molar-refractivity contribution is 5.90. The van der Waals surface area contributed by atoms with Crippen molar-refractivity contribution < 1.29 is 9.53 Å². The third kappa shape index (κ3) is 4.55. The predicted octanol–water partition coefficient (Wildman–Crippen LogP) is 6.47. The van der Waals surface area contributed by atoms with Gasteiger partial charge in [0.15, 0.2) is 0 Å². The summed E-state index contributed by atoms with van der Waals surface area (Å²) in [5.74, 6) is 2.61. The SMILES string of the molecule is CC(C)CCC[C@@H](C)[C@H]1CC[C@H]2[C@@H](OC(=O)c3cccc(N)c3)CCC[C@]12C. The van der Waals surface area contributed by atoms with Gasteiger partial charge in [0.25, 0.3) is 0 Å². The Hall–Kier alpha value is -1.51. The lowest BCUT2D eigenvalue weighted by Gasteiger charge is -2.46. The fourth-order valence-electron chi connectivity index (χ4n) is 6.16.